The Hall–Kier alpha value is -0.130. The Kier molecular flexibility index (Phi) is 5.56. The Morgan fingerprint density at radius 3 is 2.87 bits per heavy atom. The van der Waals surface area contributed by atoms with Gasteiger partial charge in [0.15, 0.2) is 0 Å². The average Bonchev–Trinajstić information content (AvgIpc) is 2.19. The monoisotopic (exact) mass is 337 g/mol. The normalized spacial score (nSPS) is 10.6. The lowest BCUT2D eigenvalue weighted by Crippen LogP contribution is -2.20. The molecule has 1 rings (SSSR count). The minimum absolute atomic E-state index is 0.00491. The minimum Gasteiger partial charge on any atom is -0.382 e. The number of pyridine rings is 1. The largest absolute Gasteiger partial charge is 0.382 e. The minimum atomic E-state index is -0.00491. The van der Waals surface area contributed by atoms with Gasteiger partial charge in [0.05, 0.1) is 4.47 Å². The number of aromatic nitrogens is 1. The van der Waals surface area contributed by atoms with Crippen LogP contribution in [-0.4, -0.2) is 17.8 Å². The molecule has 0 aliphatic rings. The molecule has 0 atom stereocenters. The Balaban J connectivity index is 2.64. The van der Waals surface area contributed by atoms with Crippen molar-refractivity contribution in [3.63, 3.8) is 0 Å². The van der Waals surface area contributed by atoms with Crippen LogP contribution in [0.2, 0.25) is 0 Å². The number of rotatable bonds is 5. The topological polar surface area (TPSA) is 31.2 Å². The van der Waals surface area contributed by atoms with Gasteiger partial charge in [0, 0.05) is 30.4 Å². The molecule has 1 aromatic rings. The first-order valence-corrected chi connectivity index (χ1v) is 6.37. The zero-order valence-electron chi connectivity index (χ0n) is 8.50. The smallest absolute Gasteiger partial charge is 0.264 e. The molecule has 0 aliphatic carbocycles. The highest BCUT2D eigenvalue weighted by Gasteiger charge is 2.02. The van der Waals surface area contributed by atoms with E-state index in [0.717, 1.165) is 17.5 Å². The third kappa shape index (κ3) is 4.09. The summed E-state index contributed by atoms with van der Waals surface area (Å²) in [6, 6.07) is 1.75. The fourth-order valence-electron chi connectivity index (χ4n) is 1.21. The molecule has 0 spiro atoms. The van der Waals surface area contributed by atoms with Crippen LogP contribution in [-0.2, 0) is 11.3 Å². The summed E-state index contributed by atoms with van der Waals surface area (Å²) >= 11 is 6.57. The molecule has 0 N–H and O–H groups in total. The van der Waals surface area contributed by atoms with Crippen LogP contribution in [0.4, 0.5) is 0 Å². The van der Waals surface area contributed by atoms with Gasteiger partial charge in [-0.25, -0.2) is 0 Å². The van der Waals surface area contributed by atoms with E-state index in [0.29, 0.717) is 17.6 Å². The van der Waals surface area contributed by atoms with Crippen LogP contribution in [0.15, 0.2) is 26.0 Å². The maximum absolute atomic E-state index is 11.6. The molecule has 0 unspecified atom stereocenters. The first kappa shape index (κ1) is 12.9. The number of ether oxygens (including phenoxy) is 1. The Morgan fingerprint density at radius 1 is 1.47 bits per heavy atom. The number of hydrogen-bond acceptors (Lipinski definition) is 2. The Bertz CT molecular complexity index is 376. The molecule has 84 valence electrons. The van der Waals surface area contributed by atoms with E-state index in [9.17, 15) is 4.79 Å². The van der Waals surface area contributed by atoms with Crippen molar-refractivity contribution in [3.05, 3.63) is 31.6 Å². The van der Waals surface area contributed by atoms with Crippen LogP contribution >= 0.6 is 31.9 Å². The van der Waals surface area contributed by atoms with E-state index in [1.807, 2.05) is 6.92 Å². The van der Waals surface area contributed by atoms with Crippen LogP contribution in [0.25, 0.3) is 0 Å². The molecule has 0 aromatic carbocycles. The lowest BCUT2D eigenvalue weighted by Gasteiger charge is -2.06. The fraction of sp³-hybridized carbons (Fsp3) is 0.500. The van der Waals surface area contributed by atoms with Gasteiger partial charge >= 0.3 is 0 Å². The second-order valence-electron chi connectivity index (χ2n) is 3.06. The molecule has 0 radical (unpaired) electrons. The lowest BCUT2D eigenvalue weighted by molar-refractivity contribution is 0.141. The van der Waals surface area contributed by atoms with Crippen molar-refractivity contribution in [1.82, 2.24) is 4.57 Å². The number of nitrogens with zero attached hydrogens (tertiary/aromatic N) is 1. The average molecular weight is 339 g/mol. The molecule has 5 heteroatoms. The zero-order chi connectivity index (χ0) is 11.3. The van der Waals surface area contributed by atoms with Crippen molar-refractivity contribution >= 4 is 31.9 Å². The van der Waals surface area contributed by atoms with Gasteiger partial charge in [-0.2, -0.15) is 0 Å². The standard InChI is InChI=1S/C10H13Br2NO2/c1-2-15-5-3-4-13-7-8(11)6-9(12)10(13)14/h6-7H,2-5H2,1H3. The van der Waals surface area contributed by atoms with Crippen molar-refractivity contribution in [2.24, 2.45) is 0 Å². The molecule has 0 amide bonds. The molecular weight excluding hydrogens is 326 g/mol. The Morgan fingerprint density at radius 2 is 2.20 bits per heavy atom. The van der Waals surface area contributed by atoms with Gasteiger partial charge in [0.2, 0.25) is 0 Å². The van der Waals surface area contributed by atoms with Gasteiger partial charge in [-0.3, -0.25) is 4.79 Å². The van der Waals surface area contributed by atoms with Crippen LogP contribution < -0.4 is 5.56 Å². The summed E-state index contributed by atoms with van der Waals surface area (Å²) in [5.74, 6) is 0. The molecule has 0 aliphatic heterocycles. The van der Waals surface area contributed by atoms with Crippen molar-refractivity contribution in [2.75, 3.05) is 13.2 Å². The summed E-state index contributed by atoms with van der Waals surface area (Å²) in [7, 11) is 0. The van der Waals surface area contributed by atoms with Crippen LogP contribution in [0, 0.1) is 0 Å². The second kappa shape index (κ2) is 6.45. The highest BCUT2D eigenvalue weighted by molar-refractivity contribution is 9.11. The van der Waals surface area contributed by atoms with E-state index < -0.39 is 0 Å². The first-order valence-electron chi connectivity index (χ1n) is 4.78. The van der Waals surface area contributed by atoms with Gasteiger partial charge in [0.25, 0.3) is 5.56 Å². The molecule has 1 aromatic heterocycles. The maximum atomic E-state index is 11.6. The summed E-state index contributed by atoms with van der Waals surface area (Å²) in [4.78, 5) is 11.6. The predicted molar refractivity (Wildman–Crippen MR) is 67.2 cm³/mol. The Labute approximate surface area is 106 Å². The van der Waals surface area contributed by atoms with Crippen molar-refractivity contribution in [3.8, 4) is 0 Å². The van der Waals surface area contributed by atoms with Crippen molar-refractivity contribution in [1.29, 1.82) is 0 Å². The second-order valence-corrected chi connectivity index (χ2v) is 4.83. The van der Waals surface area contributed by atoms with Crippen molar-refractivity contribution < 1.29 is 4.74 Å². The number of halogens is 2. The van der Waals surface area contributed by atoms with E-state index in [2.05, 4.69) is 31.9 Å². The van der Waals surface area contributed by atoms with Gasteiger partial charge in [-0.15, -0.1) is 0 Å². The third-order valence-electron chi connectivity index (χ3n) is 1.90. The molecule has 1 heterocycles. The van der Waals surface area contributed by atoms with Crippen molar-refractivity contribution in [2.45, 2.75) is 19.9 Å². The van der Waals surface area contributed by atoms with E-state index in [1.165, 1.54) is 0 Å². The molecule has 0 saturated heterocycles. The SMILES string of the molecule is CCOCCCn1cc(Br)cc(Br)c1=O. The van der Waals surface area contributed by atoms with E-state index in [4.69, 9.17) is 4.74 Å². The molecule has 0 bridgehead atoms. The fourth-order valence-corrected chi connectivity index (χ4v) is 2.47. The van der Waals surface area contributed by atoms with Crippen LogP contribution in [0.5, 0.6) is 0 Å². The molecule has 0 fully saturated rings. The summed E-state index contributed by atoms with van der Waals surface area (Å²) in [5, 5.41) is 0. The summed E-state index contributed by atoms with van der Waals surface area (Å²) in [5.41, 5.74) is -0.00491. The summed E-state index contributed by atoms with van der Waals surface area (Å²) < 4.78 is 8.36. The summed E-state index contributed by atoms with van der Waals surface area (Å²) in [6.45, 7) is 4.04. The number of hydrogen-bond donors (Lipinski definition) is 0. The van der Waals surface area contributed by atoms with Gasteiger partial charge in [0.1, 0.15) is 0 Å². The summed E-state index contributed by atoms with van der Waals surface area (Å²) in [6.07, 6.45) is 2.63. The van der Waals surface area contributed by atoms with E-state index >= 15 is 0 Å². The highest BCUT2D eigenvalue weighted by atomic mass is 79.9. The van der Waals surface area contributed by atoms with E-state index in [1.54, 1.807) is 16.8 Å². The maximum Gasteiger partial charge on any atom is 0.264 e. The highest BCUT2D eigenvalue weighted by Crippen LogP contribution is 2.12. The molecule has 3 nitrogen and oxygen atoms in total. The van der Waals surface area contributed by atoms with E-state index in [-0.39, 0.29) is 5.56 Å². The van der Waals surface area contributed by atoms with Gasteiger partial charge in [-0.1, -0.05) is 0 Å². The molecule has 0 saturated carbocycles. The quantitative estimate of drug-likeness (QED) is 0.773. The van der Waals surface area contributed by atoms with Crippen LogP contribution in [0.3, 0.4) is 0 Å². The van der Waals surface area contributed by atoms with Gasteiger partial charge in [-0.05, 0) is 51.3 Å². The number of aryl methyl sites for hydroxylation is 1. The molecule has 15 heavy (non-hydrogen) atoms. The molecular formula is C10H13Br2NO2. The van der Waals surface area contributed by atoms with Gasteiger partial charge < -0.3 is 9.30 Å². The third-order valence-corrected chi connectivity index (χ3v) is 2.90. The predicted octanol–water partition coefficient (Wildman–Crippen LogP) is 2.80. The van der Waals surface area contributed by atoms with Crippen LogP contribution in [0.1, 0.15) is 13.3 Å². The first-order chi connectivity index (χ1) is 7.15. The lowest BCUT2D eigenvalue weighted by atomic mass is 10.4. The zero-order valence-corrected chi connectivity index (χ0v) is 11.7.